The fourth-order valence-electron chi connectivity index (χ4n) is 0.526. The van der Waals surface area contributed by atoms with E-state index in [-0.39, 0.29) is 38.2 Å². The van der Waals surface area contributed by atoms with E-state index in [2.05, 4.69) is 39.6 Å². The molecule has 0 aromatic heterocycles. The Balaban J connectivity index is 0. The molecule has 0 heterocycles. The van der Waals surface area contributed by atoms with Crippen molar-refractivity contribution in [3.8, 4) is 0 Å². The molecular weight excluding hydrogens is 199 g/mol. The molecule has 0 rings (SSSR count). The van der Waals surface area contributed by atoms with Gasteiger partial charge in [0.1, 0.15) is 0 Å². The second-order valence-electron chi connectivity index (χ2n) is 3.29. The second-order valence-corrected chi connectivity index (χ2v) is 3.29. The van der Waals surface area contributed by atoms with Crippen LogP contribution in [-0.2, 0) is 32.7 Å². The van der Waals surface area contributed by atoms with Crippen molar-refractivity contribution in [2.75, 3.05) is 6.54 Å². The summed E-state index contributed by atoms with van der Waals surface area (Å²) < 4.78 is 0. The van der Waals surface area contributed by atoms with Crippen LogP contribution in [0.15, 0.2) is 0 Å². The van der Waals surface area contributed by atoms with Gasteiger partial charge in [-0.2, -0.15) is 6.42 Å². The van der Waals surface area contributed by atoms with Gasteiger partial charge in [-0.15, -0.1) is 0 Å². The van der Waals surface area contributed by atoms with E-state index in [0.717, 1.165) is 13.0 Å². The maximum Gasteiger partial charge on any atom is 0 e. The van der Waals surface area contributed by atoms with Gasteiger partial charge in [-0.25, -0.2) is 0 Å². The largest absolute Gasteiger partial charge is 0.457 e. The number of hydrogen-bond acceptors (Lipinski definition) is 1. The molecule has 0 saturated heterocycles. The van der Waals surface area contributed by atoms with Gasteiger partial charge in [-0.1, -0.05) is 6.54 Å². The van der Waals surface area contributed by atoms with E-state index in [1.54, 1.807) is 0 Å². The van der Waals surface area contributed by atoms with E-state index in [9.17, 15) is 0 Å². The molecule has 0 aliphatic rings. The van der Waals surface area contributed by atoms with Gasteiger partial charge in [0, 0.05) is 32.7 Å². The van der Waals surface area contributed by atoms with Crippen molar-refractivity contribution in [3.05, 3.63) is 14.0 Å². The summed E-state index contributed by atoms with van der Waals surface area (Å²) in [6, 6.07) is 0. The van der Waals surface area contributed by atoms with E-state index in [0.29, 0.717) is 0 Å². The van der Waals surface area contributed by atoms with Gasteiger partial charge in [0.2, 0.25) is 0 Å². The molecule has 0 spiro atoms. The smallest absolute Gasteiger partial charge is 0 e. The van der Waals surface area contributed by atoms with Crippen LogP contribution < -0.4 is 0 Å². The van der Waals surface area contributed by atoms with Gasteiger partial charge in [-0.05, 0) is 26.3 Å². The summed E-state index contributed by atoms with van der Waals surface area (Å²) in [7, 11) is 3.89. The Morgan fingerprint density at radius 3 is 1.80 bits per heavy atom. The summed E-state index contributed by atoms with van der Waals surface area (Å²) in [5.41, 5.74) is 0.192. The fraction of sp³-hybridized carbons (Fsp3) is 0.750. The van der Waals surface area contributed by atoms with Crippen molar-refractivity contribution in [2.45, 2.75) is 32.7 Å². The third-order valence-electron chi connectivity index (χ3n) is 1.38. The number of nitrogens with zero attached hydrogens (tertiary/aromatic N) is 1. The molecule has 0 unspecified atom stereocenters. The SMILES string of the molecule is [CH2-]CCN([CH2-])C(C)(C)C.[Y]. The van der Waals surface area contributed by atoms with Crippen LogP contribution in [0.2, 0.25) is 0 Å². The van der Waals surface area contributed by atoms with Crippen molar-refractivity contribution >= 4 is 0 Å². The fourth-order valence-corrected chi connectivity index (χ4v) is 0.526. The van der Waals surface area contributed by atoms with Gasteiger partial charge < -0.3 is 11.8 Å². The van der Waals surface area contributed by atoms with E-state index in [1.807, 2.05) is 0 Å². The average molecular weight is 216 g/mol. The Bertz CT molecular complexity index is 75.8. The Hall–Kier alpha value is 1.06. The zero-order chi connectivity index (χ0) is 7.49. The predicted octanol–water partition coefficient (Wildman–Crippen LogP) is 2.10. The molecule has 1 radical (unpaired) electrons. The monoisotopic (exact) mass is 216 g/mol. The molecule has 59 valence electrons. The zero-order valence-electron chi connectivity index (χ0n) is 7.35. The van der Waals surface area contributed by atoms with Gasteiger partial charge in [0.05, 0.1) is 0 Å². The molecule has 1 nitrogen and oxygen atoms in total. The molecule has 2 heteroatoms. The summed E-state index contributed by atoms with van der Waals surface area (Å²) in [5.74, 6) is 0. The van der Waals surface area contributed by atoms with Crippen LogP contribution in [-0.4, -0.2) is 17.0 Å². The van der Waals surface area contributed by atoms with Crippen LogP contribution in [0, 0.1) is 14.0 Å². The maximum absolute atomic E-state index is 3.89. The zero-order valence-corrected chi connectivity index (χ0v) is 10.2. The summed E-state index contributed by atoms with van der Waals surface area (Å²) in [6.45, 7) is 11.2. The van der Waals surface area contributed by atoms with Crippen LogP contribution in [0.1, 0.15) is 27.2 Å². The van der Waals surface area contributed by atoms with E-state index < -0.39 is 0 Å². The van der Waals surface area contributed by atoms with E-state index in [1.165, 1.54) is 0 Å². The third-order valence-corrected chi connectivity index (χ3v) is 1.38. The Morgan fingerprint density at radius 2 is 1.70 bits per heavy atom. The molecule has 0 fully saturated rings. The molecule has 10 heavy (non-hydrogen) atoms. The molecule has 0 aromatic carbocycles. The summed E-state index contributed by atoms with van der Waals surface area (Å²) >= 11 is 0. The van der Waals surface area contributed by atoms with Crippen LogP contribution in [0.3, 0.4) is 0 Å². The first kappa shape index (κ1) is 13.6. The third kappa shape index (κ3) is 5.82. The summed E-state index contributed by atoms with van der Waals surface area (Å²) in [4.78, 5) is 2.06. The minimum Gasteiger partial charge on any atom is -0.457 e. The van der Waals surface area contributed by atoms with Gasteiger partial charge in [-0.3, -0.25) is 7.05 Å². The van der Waals surface area contributed by atoms with Crippen molar-refractivity contribution in [2.24, 2.45) is 0 Å². The van der Waals surface area contributed by atoms with Crippen LogP contribution >= 0.6 is 0 Å². The summed E-state index contributed by atoms with van der Waals surface area (Å²) in [5, 5.41) is 0. The standard InChI is InChI=1S/C8H17N.Y/c1-6-7-9(5)8(2,3)4;/h1,5-7H2,2-4H3;/q-2;. The van der Waals surface area contributed by atoms with E-state index in [4.69, 9.17) is 0 Å². The molecule has 0 aliphatic heterocycles. The average Bonchev–Trinajstić information content (AvgIpc) is 1.64. The van der Waals surface area contributed by atoms with Crippen molar-refractivity contribution in [1.29, 1.82) is 0 Å². The first-order valence-electron chi connectivity index (χ1n) is 3.36. The molecular formula is C8H17NY-2. The Kier molecular flexibility index (Phi) is 7.75. The van der Waals surface area contributed by atoms with Crippen LogP contribution in [0.4, 0.5) is 0 Å². The van der Waals surface area contributed by atoms with Crippen LogP contribution in [0.5, 0.6) is 0 Å². The van der Waals surface area contributed by atoms with Crippen molar-refractivity contribution < 1.29 is 32.7 Å². The van der Waals surface area contributed by atoms with Crippen LogP contribution in [0.25, 0.3) is 0 Å². The van der Waals surface area contributed by atoms with Gasteiger partial charge in [0.15, 0.2) is 0 Å². The van der Waals surface area contributed by atoms with Gasteiger partial charge >= 0.3 is 0 Å². The quantitative estimate of drug-likeness (QED) is 0.639. The van der Waals surface area contributed by atoms with Gasteiger partial charge in [0.25, 0.3) is 0 Å². The number of rotatable bonds is 2. The summed E-state index contributed by atoms with van der Waals surface area (Å²) in [6.07, 6.45) is 0.931. The molecule has 0 bridgehead atoms. The minimum absolute atomic E-state index is 0. The topological polar surface area (TPSA) is 3.24 Å². The number of hydrogen-bond donors (Lipinski definition) is 0. The molecule has 0 atom stereocenters. The molecule has 0 aliphatic carbocycles. The van der Waals surface area contributed by atoms with Crippen molar-refractivity contribution in [3.63, 3.8) is 0 Å². The minimum atomic E-state index is 0. The van der Waals surface area contributed by atoms with E-state index >= 15 is 0 Å². The second kappa shape index (κ2) is 5.68. The molecule has 0 aromatic rings. The first-order valence-corrected chi connectivity index (χ1v) is 3.36. The Labute approximate surface area is 90.4 Å². The maximum atomic E-state index is 3.89. The Morgan fingerprint density at radius 1 is 1.30 bits per heavy atom. The molecule has 0 saturated carbocycles. The predicted molar refractivity (Wildman–Crippen MR) is 41.8 cm³/mol. The normalized spacial score (nSPS) is 11.4. The first-order chi connectivity index (χ1) is 3.98. The van der Waals surface area contributed by atoms with Crippen molar-refractivity contribution in [1.82, 2.24) is 4.90 Å². The molecule has 0 N–H and O–H groups in total. The molecule has 0 amide bonds.